The highest BCUT2D eigenvalue weighted by Gasteiger charge is 2.15. The second-order valence-electron chi connectivity index (χ2n) is 7.11. The number of hydrogen-bond acceptors (Lipinski definition) is 4. The van der Waals surface area contributed by atoms with Gasteiger partial charge in [0.25, 0.3) is 0 Å². The lowest BCUT2D eigenvalue weighted by molar-refractivity contribution is -0.126. The van der Waals surface area contributed by atoms with Crippen LogP contribution in [0.5, 0.6) is 5.75 Å². The highest BCUT2D eigenvalue weighted by molar-refractivity contribution is 5.95. The Hall–Kier alpha value is -2.34. The van der Waals surface area contributed by atoms with E-state index in [-0.39, 0.29) is 11.8 Å². The van der Waals surface area contributed by atoms with Gasteiger partial charge in [0.05, 0.1) is 13.2 Å². The van der Waals surface area contributed by atoms with Crippen molar-refractivity contribution < 1.29 is 19.1 Å². The Kier molecular flexibility index (Phi) is 9.55. The van der Waals surface area contributed by atoms with Gasteiger partial charge in [-0.15, -0.1) is 0 Å². The van der Waals surface area contributed by atoms with Gasteiger partial charge >= 0.3 is 0 Å². The minimum absolute atomic E-state index is 0.191. The molecule has 2 amide bonds. The second kappa shape index (κ2) is 12.2. The molecule has 1 fully saturated rings. The average molecular weight is 389 g/mol. The summed E-state index contributed by atoms with van der Waals surface area (Å²) in [6, 6.07) is 6.77. The number of hydrogen-bond donors (Lipinski definition) is 2. The molecule has 1 aromatic rings. The molecule has 0 aliphatic heterocycles. The van der Waals surface area contributed by atoms with E-state index in [4.69, 9.17) is 9.47 Å². The van der Waals surface area contributed by atoms with Crippen LogP contribution < -0.4 is 15.4 Å². The molecule has 6 heteroatoms. The van der Waals surface area contributed by atoms with Gasteiger partial charge < -0.3 is 20.1 Å². The fourth-order valence-corrected chi connectivity index (χ4v) is 3.13. The number of methoxy groups -OCH3 is 1. The lowest BCUT2D eigenvalue weighted by atomic mass is 9.98. The van der Waals surface area contributed by atoms with Crippen molar-refractivity contribution in [2.75, 3.05) is 20.3 Å². The molecule has 1 saturated carbocycles. The van der Waals surface area contributed by atoms with Crippen LogP contribution in [0.3, 0.4) is 0 Å². The van der Waals surface area contributed by atoms with E-state index in [2.05, 4.69) is 10.6 Å². The number of nitrogens with one attached hydrogen (secondary N) is 2. The summed E-state index contributed by atoms with van der Waals surface area (Å²) in [6.07, 6.45) is 10.4. The molecule has 2 rings (SSSR count). The van der Waals surface area contributed by atoms with Crippen LogP contribution in [0.15, 0.2) is 30.3 Å². The zero-order chi connectivity index (χ0) is 20.2. The standard InChI is InChI=1S/C22H32N2O4/c1-17(22(26)23-15-6-16-28-20-7-4-3-5-8-20)24-21(25)14-11-18-9-12-19(27-2)13-10-18/h9-14,17,20H,3-8,15-16H2,1-2H3,(H,23,26)(H,24,25)/b14-11+. The van der Waals surface area contributed by atoms with E-state index >= 15 is 0 Å². The summed E-state index contributed by atoms with van der Waals surface area (Å²) in [4.78, 5) is 24.1. The molecule has 0 saturated heterocycles. The van der Waals surface area contributed by atoms with Crippen molar-refractivity contribution in [3.05, 3.63) is 35.9 Å². The molecule has 6 nitrogen and oxygen atoms in total. The minimum Gasteiger partial charge on any atom is -0.497 e. The molecule has 1 atom stereocenters. The van der Waals surface area contributed by atoms with Crippen LogP contribution in [0.1, 0.15) is 51.0 Å². The van der Waals surface area contributed by atoms with Crippen molar-refractivity contribution in [2.45, 2.75) is 57.6 Å². The Labute approximate surface area is 167 Å². The summed E-state index contributed by atoms with van der Waals surface area (Å²) in [5, 5.41) is 5.51. The maximum absolute atomic E-state index is 12.1. The minimum atomic E-state index is -0.590. The van der Waals surface area contributed by atoms with Crippen LogP contribution in [0.25, 0.3) is 6.08 Å². The molecule has 0 aromatic heterocycles. The van der Waals surface area contributed by atoms with Crippen LogP contribution in [-0.4, -0.2) is 44.2 Å². The molecular formula is C22H32N2O4. The smallest absolute Gasteiger partial charge is 0.244 e. The predicted molar refractivity (Wildman–Crippen MR) is 110 cm³/mol. The third kappa shape index (κ3) is 8.13. The topological polar surface area (TPSA) is 76.7 Å². The molecule has 0 radical (unpaired) electrons. The van der Waals surface area contributed by atoms with Gasteiger partial charge in [-0.05, 0) is 50.0 Å². The number of amides is 2. The Morgan fingerprint density at radius 1 is 1.18 bits per heavy atom. The van der Waals surface area contributed by atoms with Crippen LogP contribution in [-0.2, 0) is 14.3 Å². The molecule has 1 aliphatic carbocycles. The molecule has 0 heterocycles. The number of carbonyl (C=O) groups is 2. The monoisotopic (exact) mass is 388 g/mol. The van der Waals surface area contributed by atoms with Crippen molar-refractivity contribution in [2.24, 2.45) is 0 Å². The fraction of sp³-hybridized carbons (Fsp3) is 0.545. The van der Waals surface area contributed by atoms with Gasteiger partial charge in [-0.1, -0.05) is 31.4 Å². The van der Waals surface area contributed by atoms with E-state index in [1.807, 2.05) is 24.3 Å². The number of benzene rings is 1. The van der Waals surface area contributed by atoms with Gasteiger partial charge in [0.15, 0.2) is 0 Å². The first kappa shape index (κ1) is 22.0. The molecule has 1 aromatic carbocycles. The molecule has 28 heavy (non-hydrogen) atoms. The highest BCUT2D eigenvalue weighted by atomic mass is 16.5. The zero-order valence-electron chi connectivity index (χ0n) is 16.9. The fourth-order valence-electron chi connectivity index (χ4n) is 3.13. The van der Waals surface area contributed by atoms with E-state index in [9.17, 15) is 9.59 Å². The summed E-state index contributed by atoms with van der Waals surface area (Å²) >= 11 is 0. The Morgan fingerprint density at radius 2 is 1.89 bits per heavy atom. The van der Waals surface area contributed by atoms with Crippen LogP contribution in [0, 0.1) is 0 Å². The van der Waals surface area contributed by atoms with Gasteiger partial charge in [-0.3, -0.25) is 9.59 Å². The van der Waals surface area contributed by atoms with Crippen molar-refractivity contribution in [3.8, 4) is 5.75 Å². The number of ether oxygens (including phenoxy) is 2. The van der Waals surface area contributed by atoms with Gasteiger partial charge in [-0.2, -0.15) is 0 Å². The van der Waals surface area contributed by atoms with Gasteiger partial charge in [-0.25, -0.2) is 0 Å². The van der Waals surface area contributed by atoms with Crippen molar-refractivity contribution in [3.63, 3.8) is 0 Å². The average Bonchev–Trinajstić information content (AvgIpc) is 2.73. The Balaban J connectivity index is 1.60. The van der Waals surface area contributed by atoms with Crippen LogP contribution in [0.4, 0.5) is 0 Å². The first-order valence-corrected chi connectivity index (χ1v) is 10.1. The van der Waals surface area contributed by atoms with Crippen LogP contribution >= 0.6 is 0 Å². The van der Waals surface area contributed by atoms with Gasteiger partial charge in [0.2, 0.25) is 11.8 Å². The van der Waals surface area contributed by atoms with Crippen molar-refractivity contribution >= 4 is 17.9 Å². The summed E-state index contributed by atoms with van der Waals surface area (Å²) in [6.45, 7) is 2.89. The zero-order valence-corrected chi connectivity index (χ0v) is 16.9. The van der Waals surface area contributed by atoms with Gasteiger partial charge in [0, 0.05) is 19.2 Å². The number of carbonyl (C=O) groups excluding carboxylic acids is 2. The van der Waals surface area contributed by atoms with E-state index < -0.39 is 6.04 Å². The lowest BCUT2D eigenvalue weighted by Crippen LogP contribution is -2.44. The Bertz CT molecular complexity index is 636. The van der Waals surface area contributed by atoms with E-state index in [1.165, 1.54) is 25.3 Å². The quantitative estimate of drug-likeness (QED) is 0.477. The number of rotatable bonds is 10. The molecule has 0 bridgehead atoms. The highest BCUT2D eigenvalue weighted by Crippen LogP contribution is 2.20. The summed E-state index contributed by atoms with van der Waals surface area (Å²) in [7, 11) is 1.61. The van der Waals surface area contributed by atoms with E-state index in [0.29, 0.717) is 19.3 Å². The normalized spacial score (nSPS) is 15.9. The first-order chi connectivity index (χ1) is 13.6. The molecule has 0 spiro atoms. The summed E-state index contributed by atoms with van der Waals surface area (Å²) < 4.78 is 10.9. The van der Waals surface area contributed by atoms with Gasteiger partial charge in [0.1, 0.15) is 11.8 Å². The van der Waals surface area contributed by atoms with E-state index in [0.717, 1.165) is 30.6 Å². The SMILES string of the molecule is COc1ccc(/C=C/C(=O)NC(C)C(=O)NCCCOC2CCCCC2)cc1. The molecule has 154 valence electrons. The van der Waals surface area contributed by atoms with E-state index in [1.54, 1.807) is 20.1 Å². The predicted octanol–water partition coefficient (Wildman–Crippen LogP) is 3.07. The molecule has 1 unspecified atom stereocenters. The van der Waals surface area contributed by atoms with Crippen molar-refractivity contribution in [1.82, 2.24) is 10.6 Å². The second-order valence-corrected chi connectivity index (χ2v) is 7.11. The third-order valence-electron chi connectivity index (χ3n) is 4.82. The lowest BCUT2D eigenvalue weighted by Gasteiger charge is -2.22. The largest absolute Gasteiger partial charge is 0.497 e. The maximum Gasteiger partial charge on any atom is 0.244 e. The third-order valence-corrected chi connectivity index (χ3v) is 4.82. The summed E-state index contributed by atoms with van der Waals surface area (Å²) in [5.74, 6) is 0.263. The van der Waals surface area contributed by atoms with Crippen molar-refractivity contribution in [1.29, 1.82) is 0 Å². The first-order valence-electron chi connectivity index (χ1n) is 10.1. The Morgan fingerprint density at radius 3 is 2.57 bits per heavy atom. The summed E-state index contributed by atoms with van der Waals surface area (Å²) in [5.41, 5.74) is 0.881. The molecular weight excluding hydrogens is 356 g/mol. The molecule has 2 N–H and O–H groups in total. The molecule has 1 aliphatic rings. The maximum atomic E-state index is 12.1. The van der Waals surface area contributed by atoms with Crippen LogP contribution in [0.2, 0.25) is 0 Å².